The van der Waals surface area contributed by atoms with Crippen LogP contribution in [0.3, 0.4) is 0 Å². The molecule has 2 rings (SSSR count). The monoisotopic (exact) mass is 282 g/mol. The molecule has 0 bridgehead atoms. The van der Waals surface area contributed by atoms with Gasteiger partial charge in [0.25, 0.3) is 0 Å². The van der Waals surface area contributed by atoms with Crippen LogP contribution in [-0.2, 0) is 9.53 Å². The van der Waals surface area contributed by atoms with Gasteiger partial charge in [-0.3, -0.25) is 9.69 Å². The highest BCUT2D eigenvalue weighted by atomic mass is 16.5. The minimum absolute atomic E-state index is 0.00446. The van der Waals surface area contributed by atoms with Crippen LogP contribution in [0, 0.1) is 5.92 Å². The highest BCUT2D eigenvalue weighted by Crippen LogP contribution is 2.32. The number of piperidine rings is 1. The van der Waals surface area contributed by atoms with Crippen LogP contribution in [-0.4, -0.2) is 49.2 Å². The number of hydrogen-bond acceptors (Lipinski definition) is 4. The maximum Gasteiger partial charge on any atom is 0.323 e. The first-order valence-electron chi connectivity index (χ1n) is 8.39. The van der Waals surface area contributed by atoms with Crippen molar-refractivity contribution in [2.24, 2.45) is 5.92 Å². The van der Waals surface area contributed by atoms with Crippen molar-refractivity contribution in [1.29, 1.82) is 0 Å². The number of hydrogen-bond donors (Lipinski definition) is 1. The van der Waals surface area contributed by atoms with E-state index in [9.17, 15) is 4.79 Å². The van der Waals surface area contributed by atoms with Crippen molar-refractivity contribution in [2.45, 2.75) is 64.5 Å². The maximum atomic E-state index is 12.3. The van der Waals surface area contributed by atoms with Crippen LogP contribution in [0.2, 0.25) is 0 Å². The summed E-state index contributed by atoms with van der Waals surface area (Å²) in [6, 6.07) is 0.619. The summed E-state index contributed by atoms with van der Waals surface area (Å²) in [6.45, 7) is 7.87. The topological polar surface area (TPSA) is 41.6 Å². The van der Waals surface area contributed by atoms with Gasteiger partial charge in [0.1, 0.15) is 6.04 Å². The van der Waals surface area contributed by atoms with E-state index in [1.807, 2.05) is 6.92 Å². The first-order valence-corrected chi connectivity index (χ1v) is 8.39. The summed E-state index contributed by atoms with van der Waals surface area (Å²) in [5, 5.41) is 3.42. The second kappa shape index (κ2) is 7.99. The molecule has 1 N–H and O–H groups in total. The number of nitrogens with zero attached hydrogens (tertiary/aromatic N) is 1. The highest BCUT2D eigenvalue weighted by Gasteiger charge is 2.38. The molecule has 1 saturated heterocycles. The second-order valence-corrected chi connectivity index (χ2v) is 6.18. The largest absolute Gasteiger partial charge is 0.465 e. The van der Waals surface area contributed by atoms with E-state index >= 15 is 0 Å². The van der Waals surface area contributed by atoms with E-state index < -0.39 is 0 Å². The van der Waals surface area contributed by atoms with Crippen LogP contribution in [0.4, 0.5) is 0 Å². The third-order valence-corrected chi connectivity index (χ3v) is 4.46. The summed E-state index contributed by atoms with van der Waals surface area (Å²) >= 11 is 0. The van der Waals surface area contributed by atoms with Crippen LogP contribution < -0.4 is 5.32 Å². The van der Waals surface area contributed by atoms with E-state index in [4.69, 9.17) is 4.74 Å². The molecule has 0 spiro atoms. The molecular weight excluding hydrogens is 252 g/mol. The predicted octanol–water partition coefficient (Wildman–Crippen LogP) is 2.18. The number of carbonyl (C=O) groups excluding carboxylic acids is 1. The van der Waals surface area contributed by atoms with E-state index in [-0.39, 0.29) is 12.0 Å². The molecule has 1 unspecified atom stereocenters. The molecule has 0 amide bonds. The lowest BCUT2D eigenvalue weighted by Gasteiger charge is -2.34. The molecule has 20 heavy (non-hydrogen) atoms. The van der Waals surface area contributed by atoms with Gasteiger partial charge in [-0.25, -0.2) is 0 Å². The van der Waals surface area contributed by atoms with E-state index in [1.165, 1.54) is 25.7 Å². The van der Waals surface area contributed by atoms with Gasteiger partial charge in [0.15, 0.2) is 0 Å². The molecule has 1 aliphatic carbocycles. The number of carbonyl (C=O) groups is 1. The van der Waals surface area contributed by atoms with Gasteiger partial charge >= 0.3 is 5.97 Å². The molecule has 2 fully saturated rings. The van der Waals surface area contributed by atoms with Gasteiger partial charge in [-0.15, -0.1) is 0 Å². The van der Waals surface area contributed by atoms with E-state index in [2.05, 4.69) is 17.1 Å². The number of esters is 1. The number of nitrogens with one attached hydrogen (secondary N) is 1. The Morgan fingerprint density at radius 2 is 1.95 bits per heavy atom. The molecule has 0 aromatic carbocycles. The minimum Gasteiger partial charge on any atom is -0.465 e. The molecule has 1 atom stereocenters. The maximum absolute atomic E-state index is 12.3. The van der Waals surface area contributed by atoms with Gasteiger partial charge in [-0.1, -0.05) is 13.3 Å². The van der Waals surface area contributed by atoms with Crippen molar-refractivity contribution in [2.75, 3.05) is 26.2 Å². The fourth-order valence-electron chi connectivity index (χ4n) is 3.23. The van der Waals surface area contributed by atoms with Crippen molar-refractivity contribution in [1.82, 2.24) is 10.2 Å². The first-order chi connectivity index (χ1) is 9.76. The number of rotatable bonds is 8. The third-order valence-electron chi connectivity index (χ3n) is 4.46. The van der Waals surface area contributed by atoms with Gasteiger partial charge in [0.2, 0.25) is 0 Å². The molecule has 1 aliphatic heterocycles. The standard InChI is InChI=1S/C16H30N2O2/c1-3-5-15(16(19)20-4-2)18(14-6-7-14)12-13-8-10-17-11-9-13/h13-15,17H,3-12H2,1-2H3. The normalized spacial score (nSPS) is 21.9. The fraction of sp³-hybridized carbons (Fsp3) is 0.938. The Bertz CT molecular complexity index is 299. The van der Waals surface area contributed by atoms with Crippen molar-refractivity contribution in [3.63, 3.8) is 0 Å². The van der Waals surface area contributed by atoms with Crippen molar-refractivity contribution in [3.05, 3.63) is 0 Å². The Morgan fingerprint density at radius 3 is 2.50 bits per heavy atom. The van der Waals surface area contributed by atoms with Gasteiger partial charge in [0, 0.05) is 12.6 Å². The molecule has 1 heterocycles. The third kappa shape index (κ3) is 4.45. The molecule has 1 saturated carbocycles. The summed E-state index contributed by atoms with van der Waals surface area (Å²) in [7, 11) is 0. The molecule has 2 aliphatic rings. The van der Waals surface area contributed by atoms with Crippen molar-refractivity contribution in [3.8, 4) is 0 Å². The zero-order chi connectivity index (χ0) is 14.4. The highest BCUT2D eigenvalue weighted by molar-refractivity contribution is 5.75. The molecule has 4 heteroatoms. The zero-order valence-corrected chi connectivity index (χ0v) is 13.1. The first kappa shape index (κ1) is 15.8. The lowest BCUT2D eigenvalue weighted by atomic mass is 9.96. The summed E-state index contributed by atoms with van der Waals surface area (Å²) in [4.78, 5) is 14.7. The van der Waals surface area contributed by atoms with Crippen LogP contribution in [0.5, 0.6) is 0 Å². The second-order valence-electron chi connectivity index (χ2n) is 6.18. The van der Waals surface area contributed by atoms with Crippen LogP contribution >= 0.6 is 0 Å². The molecule has 0 radical (unpaired) electrons. The van der Waals surface area contributed by atoms with E-state index in [1.54, 1.807) is 0 Å². The smallest absolute Gasteiger partial charge is 0.323 e. The number of ether oxygens (including phenoxy) is 1. The molecular formula is C16H30N2O2. The average Bonchev–Trinajstić information content (AvgIpc) is 3.28. The molecule has 116 valence electrons. The lowest BCUT2D eigenvalue weighted by Crippen LogP contribution is -2.47. The van der Waals surface area contributed by atoms with Crippen LogP contribution in [0.1, 0.15) is 52.4 Å². The summed E-state index contributed by atoms with van der Waals surface area (Å²) in [6.07, 6.45) is 6.96. The summed E-state index contributed by atoms with van der Waals surface area (Å²) in [5.74, 6) is 0.737. The SMILES string of the molecule is CCCC(C(=O)OCC)N(CC1CCNCC1)C1CC1. The van der Waals surface area contributed by atoms with Crippen molar-refractivity contribution >= 4 is 5.97 Å². The van der Waals surface area contributed by atoms with Gasteiger partial charge in [0.05, 0.1) is 6.61 Å². The zero-order valence-electron chi connectivity index (χ0n) is 13.1. The summed E-state index contributed by atoms with van der Waals surface area (Å²) < 4.78 is 5.31. The van der Waals surface area contributed by atoms with E-state index in [0.717, 1.165) is 38.4 Å². The Morgan fingerprint density at radius 1 is 1.25 bits per heavy atom. The lowest BCUT2D eigenvalue weighted by molar-refractivity contribution is -0.150. The van der Waals surface area contributed by atoms with Crippen molar-refractivity contribution < 1.29 is 9.53 Å². The average molecular weight is 282 g/mol. The quantitative estimate of drug-likeness (QED) is 0.693. The minimum atomic E-state index is -0.0117. The molecule has 4 nitrogen and oxygen atoms in total. The van der Waals surface area contributed by atoms with Gasteiger partial charge in [-0.2, -0.15) is 0 Å². The fourth-order valence-corrected chi connectivity index (χ4v) is 3.23. The van der Waals surface area contributed by atoms with Gasteiger partial charge < -0.3 is 10.1 Å². The van der Waals surface area contributed by atoms with Crippen LogP contribution in [0.15, 0.2) is 0 Å². The predicted molar refractivity (Wildman–Crippen MR) is 80.7 cm³/mol. The van der Waals surface area contributed by atoms with Gasteiger partial charge in [-0.05, 0) is 58.0 Å². The van der Waals surface area contributed by atoms with E-state index in [0.29, 0.717) is 12.6 Å². The molecule has 0 aromatic heterocycles. The Hall–Kier alpha value is -0.610. The molecule has 0 aromatic rings. The Balaban J connectivity index is 1.97. The Labute approximate surface area is 123 Å². The Kier molecular flexibility index (Phi) is 6.30. The summed E-state index contributed by atoms with van der Waals surface area (Å²) in [5.41, 5.74) is 0. The van der Waals surface area contributed by atoms with Crippen LogP contribution in [0.25, 0.3) is 0 Å².